The topological polar surface area (TPSA) is 6.48 Å². The highest BCUT2D eigenvalue weighted by Crippen LogP contribution is 2.52. The predicted octanol–water partition coefficient (Wildman–Crippen LogP) is 13.4. The molecule has 0 fully saturated rings. The Kier molecular flexibility index (Phi) is 9.57. The van der Waals surface area contributed by atoms with E-state index >= 15 is 0 Å². The molecule has 0 aliphatic carbocycles. The molecular formula is C40H42N2S3. The van der Waals surface area contributed by atoms with Crippen molar-refractivity contribution in [3.63, 3.8) is 0 Å². The number of rotatable bonds is 12. The largest absolute Gasteiger partial charge is 0.340 e. The summed E-state index contributed by atoms with van der Waals surface area (Å²) in [6, 6.07) is 34.6. The summed E-state index contributed by atoms with van der Waals surface area (Å²) >= 11 is 5.67. The van der Waals surface area contributed by atoms with Crippen LogP contribution >= 0.6 is 34.9 Å². The van der Waals surface area contributed by atoms with Crippen molar-refractivity contribution < 1.29 is 0 Å². The minimum atomic E-state index is 1.06. The number of hydrogen-bond acceptors (Lipinski definition) is 5. The first-order valence-electron chi connectivity index (χ1n) is 16.7. The van der Waals surface area contributed by atoms with Crippen molar-refractivity contribution in [2.24, 2.45) is 0 Å². The highest BCUT2D eigenvalue weighted by Gasteiger charge is 2.26. The third-order valence-corrected chi connectivity index (χ3v) is 12.1. The number of benzene rings is 4. The molecule has 7 rings (SSSR count). The summed E-state index contributed by atoms with van der Waals surface area (Å²) in [5.74, 6) is 0. The number of unbranched alkanes of at least 4 members (excludes halogenated alkanes) is 6. The molecular weight excluding hydrogens is 605 g/mol. The molecule has 0 amide bonds. The van der Waals surface area contributed by atoms with E-state index in [1.807, 2.05) is 34.9 Å². The van der Waals surface area contributed by atoms with E-state index in [1.165, 1.54) is 115 Å². The van der Waals surface area contributed by atoms with Gasteiger partial charge < -0.3 is 9.80 Å². The van der Waals surface area contributed by atoms with Gasteiger partial charge in [-0.25, -0.2) is 0 Å². The van der Waals surface area contributed by atoms with E-state index in [0.717, 1.165) is 13.1 Å². The molecule has 0 radical (unpaired) electrons. The molecule has 0 atom stereocenters. The molecule has 0 unspecified atom stereocenters. The van der Waals surface area contributed by atoms with E-state index in [4.69, 9.17) is 0 Å². The SMILES string of the molecule is CCCCCCN1c2ccccc2Sc2cc(-c3ccc4c(c3)Sc3cc(-c5cccs5)ccc3N4CCCCCC)ccc21. The Labute approximate surface area is 281 Å². The van der Waals surface area contributed by atoms with Crippen LogP contribution in [0.25, 0.3) is 21.6 Å². The first-order chi connectivity index (χ1) is 22.2. The van der Waals surface area contributed by atoms with Gasteiger partial charge in [-0.15, -0.1) is 11.3 Å². The number of hydrogen-bond donors (Lipinski definition) is 0. The van der Waals surface area contributed by atoms with Crippen LogP contribution in [0.4, 0.5) is 22.7 Å². The Hall–Kier alpha value is -3.12. The van der Waals surface area contributed by atoms with E-state index in [2.05, 4.69) is 120 Å². The molecule has 0 N–H and O–H groups in total. The van der Waals surface area contributed by atoms with Crippen molar-refractivity contribution in [2.45, 2.75) is 84.8 Å². The maximum absolute atomic E-state index is 2.58. The standard InChI is InChI=1S/C40H42N2S3/c1-3-5-7-11-23-41-32-14-9-10-15-37(32)44-38-26-29(17-20-33(38)41)30-18-21-34-39(27-30)45-40-28-31(36-16-13-25-43-36)19-22-35(40)42(34)24-12-8-6-4-2/h9-10,13-22,25-28H,3-8,11-12,23-24H2,1-2H3. The van der Waals surface area contributed by atoms with Crippen molar-refractivity contribution in [3.05, 3.63) is 96.4 Å². The lowest BCUT2D eigenvalue weighted by molar-refractivity contribution is 0.665. The third kappa shape index (κ3) is 6.45. The van der Waals surface area contributed by atoms with Crippen LogP contribution in [-0.2, 0) is 0 Å². The minimum absolute atomic E-state index is 1.06. The summed E-state index contributed by atoms with van der Waals surface area (Å²) in [4.78, 5) is 11.9. The van der Waals surface area contributed by atoms with Crippen LogP contribution in [0.2, 0.25) is 0 Å². The van der Waals surface area contributed by atoms with Crippen molar-refractivity contribution >= 4 is 57.6 Å². The first kappa shape index (κ1) is 30.5. The Balaban J connectivity index is 1.21. The van der Waals surface area contributed by atoms with Crippen molar-refractivity contribution in [1.82, 2.24) is 0 Å². The number of nitrogens with zero attached hydrogens (tertiary/aromatic N) is 2. The fourth-order valence-corrected chi connectivity index (χ4v) is 9.58. The molecule has 0 bridgehead atoms. The summed E-state index contributed by atoms with van der Waals surface area (Å²) in [6.45, 7) is 6.70. The second-order valence-corrected chi connectivity index (χ2v) is 15.2. The average Bonchev–Trinajstić information content (AvgIpc) is 3.62. The Morgan fingerprint density at radius 3 is 1.53 bits per heavy atom. The molecule has 2 nitrogen and oxygen atoms in total. The summed E-state index contributed by atoms with van der Waals surface area (Å²) < 4.78 is 0. The normalized spacial score (nSPS) is 13.3. The zero-order valence-electron chi connectivity index (χ0n) is 26.4. The highest BCUT2D eigenvalue weighted by molar-refractivity contribution is 8.00. The number of fused-ring (bicyclic) bond motifs is 4. The van der Waals surface area contributed by atoms with Crippen LogP contribution in [0.1, 0.15) is 65.2 Å². The van der Waals surface area contributed by atoms with Gasteiger partial charge in [-0.1, -0.05) is 112 Å². The minimum Gasteiger partial charge on any atom is -0.340 e. The summed E-state index contributed by atoms with van der Waals surface area (Å²) in [6.07, 6.45) is 10.1. The van der Waals surface area contributed by atoms with Crippen LogP contribution < -0.4 is 9.80 Å². The molecule has 2 aliphatic rings. The number of anilines is 4. The molecule has 5 aromatic rings. The van der Waals surface area contributed by atoms with Gasteiger partial charge in [-0.3, -0.25) is 0 Å². The molecule has 1 aromatic heterocycles. The molecule has 45 heavy (non-hydrogen) atoms. The first-order valence-corrected chi connectivity index (χ1v) is 19.2. The van der Waals surface area contributed by atoms with E-state index in [-0.39, 0.29) is 0 Å². The number of thiophene rings is 1. The van der Waals surface area contributed by atoms with Gasteiger partial charge in [0, 0.05) is 37.5 Å². The van der Waals surface area contributed by atoms with Crippen LogP contribution in [0.3, 0.4) is 0 Å². The Morgan fingerprint density at radius 2 is 0.978 bits per heavy atom. The van der Waals surface area contributed by atoms with Gasteiger partial charge in [0.05, 0.1) is 22.7 Å². The fourth-order valence-electron chi connectivity index (χ4n) is 6.55. The van der Waals surface area contributed by atoms with Gasteiger partial charge in [0.2, 0.25) is 0 Å². The van der Waals surface area contributed by atoms with Crippen molar-refractivity contribution in [3.8, 4) is 21.6 Å². The molecule has 0 spiro atoms. The Morgan fingerprint density at radius 1 is 0.467 bits per heavy atom. The second-order valence-electron chi connectivity index (χ2n) is 12.1. The zero-order chi connectivity index (χ0) is 30.6. The maximum Gasteiger partial charge on any atom is 0.0553 e. The number of para-hydroxylation sites is 1. The van der Waals surface area contributed by atoms with E-state index in [9.17, 15) is 0 Å². The summed E-state index contributed by atoms with van der Waals surface area (Å²) in [7, 11) is 0. The van der Waals surface area contributed by atoms with Gasteiger partial charge in [-0.2, -0.15) is 0 Å². The van der Waals surface area contributed by atoms with Gasteiger partial charge in [-0.05, 0) is 89.5 Å². The van der Waals surface area contributed by atoms with Crippen LogP contribution in [0.5, 0.6) is 0 Å². The third-order valence-electron chi connectivity index (χ3n) is 8.96. The van der Waals surface area contributed by atoms with Gasteiger partial charge in [0.1, 0.15) is 0 Å². The van der Waals surface area contributed by atoms with E-state index in [0.29, 0.717) is 0 Å². The molecule has 3 heterocycles. The fraction of sp³-hybridized carbons (Fsp3) is 0.300. The average molecular weight is 647 g/mol. The lowest BCUT2D eigenvalue weighted by Gasteiger charge is -2.34. The quantitative estimate of drug-likeness (QED) is 0.124. The van der Waals surface area contributed by atoms with Crippen molar-refractivity contribution in [1.29, 1.82) is 0 Å². The van der Waals surface area contributed by atoms with Crippen LogP contribution in [0.15, 0.2) is 116 Å². The van der Waals surface area contributed by atoms with Gasteiger partial charge >= 0.3 is 0 Å². The monoisotopic (exact) mass is 646 g/mol. The lowest BCUT2D eigenvalue weighted by Crippen LogP contribution is -2.22. The lowest BCUT2D eigenvalue weighted by atomic mass is 10.0. The highest BCUT2D eigenvalue weighted by atomic mass is 32.2. The van der Waals surface area contributed by atoms with Gasteiger partial charge in [0.15, 0.2) is 0 Å². The van der Waals surface area contributed by atoms with Crippen molar-refractivity contribution in [2.75, 3.05) is 22.9 Å². The second kappa shape index (κ2) is 14.1. The molecule has 5 heteroatoms. The van der Waals surface area contributed by atoms with E-state index < -0.39 is 0 Å². The van der Waals surface area contributed by atoms with Crippen LogP contribution in [-0.4, -0.2) is 13.1 Å². The Bertz CT molecular complexity index is 1760. The molecule has 0 saturated carbocycles. The van der Waals surface area contributed by atoms with Crippen LogP contribution in [0, 0.1) is 0 Å². The molecule has 0 saturated heterocycles. The molecule has 4 aromatic carbocycles. The summed E-state index contributed by atoms with van der Waals surface area (Å²) in [5, 5.41) is 2.17. The van der Waals surface area contributed by atoms with Gasteiger partial charge in [0.25, 0.3) is 0 Å². The maximum atomic E-state index is 2.58. The zero-order valence-corrected chi connectivity index (χ0v) is 28.9. The smallest absolute Gasteiger partial charge is 0.0553 e. The predicted molar refractivity (Wildman–Crippen MR) is 199 cm³/mol. The molecule has 2 aliphatic heterocycles. The van der Waals surface area contributed by atoms with E-state index in [1.54, 1.807) is 0 Å². The molecule has 230 valence electrons. The summed E-state index contributed by atoms with van der Waals surface area (Å²) in [5.41, 5.74) is 9.29.